The molecule has 1 rings (SSSR count). The van der Waals surface area contributed by atoms with E-state index < -0.39 is 12.1 Å². The van der Waals surface area contributed by atoms with Gasteiger partial charge in [-0.3, -0.25) is 0 Å². The first kappa shape index (κ1) is 13.3. The van der Waals surface area contributed by atoms with Crippen LogP contribution >= 0.6 is 0 Å². The van der Waals surface area contributed by atoms with Crippen LogP contribution in [0.15, 0.2) is 0 Å². The minimum absolute atomic E-state index is 0.0782. The smallest absolute Gasteiger partial charge is 0.456 e. The van der Waals surface area contributed by atoms with Gasteiger partial charge in [-0.05, 0) is 38.8 Å². The van der Waals surface area contributed by atoms with E-state index in [-0.39, 0.29) is 19.1 Å². The van der Waals surface area contributed by atoms with Gasteiger partial charge in [0, 0.05) is 0 Å². The summed E-state index contributed by atoms with van der Waals surface area (Å²) in [5, 5.41) is 3.12. The fourth-order valence-corrected chi connectivity index (χ4v) is 1.54. The van der Waals surface area contributed by atoms with Gasteiger partial charge in [-0.2, -0.15) is 8.78 Å². The average molecular weight is 237 g/mol. The van der Waals surface area contributed by atoms with Crippen molar-refractivity contribution in [2.24, 2.45) is 5.92 Å². The van der Waals surface area contributed by atoms with E-state index in [4.69, 9.17) is 0 Å². The van der Waals surface area contributed by atoms with Crippen molar-refractivity contribution >= 4 is 5.97 Å². The van der Waals surface area contributed by atoms with Crippen molar-refractivity contribution in [1.82, 2.24) is 5.32 Å². The highest BCUT2D eigenvalue weighted by Crippen LogP contribution is 2.21. The van der Waals surface area contributed by atoms with Gasteiger partial charge in [-0.1, -0.05) is 0 Å². The first-order valence-corrected chi connectivity index (χ1v) is 5.46. The summed E-state index contributed by atoms with van der Waals surface area (Å²) < 4.78 is 34.7. The number of rotatable bonds is 5. The molecule has 0 aromatic rings. The molecule has 94 valence electrons. The molecule has 1 aliphatic heterocycles. The average Bonchev–Trinajstić information content (AvgIpc) is 2.28. The lowest BCUT2D eigenvalue weighted by molar-refractivity contribution is -0.253. The zero-order chi connectivity index (χ0) is 12.0. The standard InChI is InChI=1S/C10H17F2NO3/c1-2-15-9(14)10(11,12)16-7-8-3-5-13-6-4-8/h8,13H,2-7H2,1H3. The minimum Gasteiger partial charge on any atom is -0.460 e. The van der Waals surface area contributed by atoms with Crippen LogP contribution in [0, 0.1) is 5.92 Å². The third-order valence-electron chi connectivity index (χ3n) is 2.47. The quantitative estimate of drug-likeness (QED) is 0.729. The van der Waals surface area contributed by atoms with Gasteiger partial charge in [0.15, 0.2) is 0 Å². The van der Waals surface area contributed by atoms with Crippen LogP contribution in [0.1, 0.15) is 19.8 Å². The topological polar surface area (TPSA) is 47.6 Å². The van der Waals surface area contributed by atoms with E-state index in [0.717, 1.165) is 25.9 Å². The van der Waals surface area contributed by atoms with Crippen LogP contribution in [0.3, 0.4) is 0 Å². The maximum Gasteiger partial charge on any atom is 0.456 e. The van der Waals surface area contributed by atoms with Crippen molar-refractivity contribution in [2.75, 3.05) is 26.3 Å². The van der Waals surface area contributed by atoms with E-state index in [2.05, 4.69) is 14.8 Å². The maximum atomic E-state index is 13.0. The maximum absolute atomic E-state index is 13.0. The lowest BCUT2D eigenvalue weighted by Crippen LogP contribution is -2.37. The van der Waals surface area contributed by atoms with Crippen LogP contribution in [0.5, 0.6) is 0 Å². The first-order chi connectivity index (χ1) is 7.56. The van der Waals surface area contributed by atoms with Gasteiger partial charge in [0.2, 0.25) is 0 Å². The number of hydrogen-bond donors (Lipinski definition) is 1. The van der Waals surface area contributed by atoms with Gasteiger partial charge in [0.25, 0.3) is 0 Å². The zero-order valence-electron chi connectivity index (χ0n) is 9.30. The number of ether oxygens (including phenoxy) is 2. The molecule has 1 fully saturated rings. The van der Waals surface area contributed by atoms with Gasteiger partial charge in [0.1, 0.15) is 0 Å². The number of carbonyl (C=O) groups excluding carboxylic acids is 1. The summed E-state index contributed by atoms with van der Waals surface area (Å²) in [6, 6.07) is 0. The zero-order valence-corrected chi connectivity index (χ0v) is 9.30. The van der Waals surface area contributed by atoms with Gasteiger partial charge in [0.05, 0.1) is 13.2 Å². The highest BCUT2D eigenvalue weighted by Gasteiger charge is 2.42. The molecule has 1 N–H and O–H groups in total. The van der Waals surface area contributed by atoms with Crippen molar-refractivity contribution in [3.63, 3.8) is 0 Å². The SMILES string of the molecule is CCOC(=O)C(F)(F)OCC1CCNCC1. The summed E-state index contributed by atoms with van der Waals surface area (Å²) >= 11 is 0. The number of carbonyl (C=O) groups is 1. The molecule has 0 bridgehead atoms. The number of halogens is 2. The molecule has 16 heavy (non-hydrogen) atoms. The van der Waals surface area contributed by atoms with E-state index in [1.165, 1.54) is 6.92 Å². The predicted octanol–water partition coefficient (Wildman–Crippen LogP) is 1.16. The fourth-order valence-electron chi connectivity index (χ4n) is 1.54. The summed E-state index contributed by atoms with van der Waals surface area (Å²) in [6.07, 6.45) is -2.24. The third kappa shape index (κ3) is 4.02. The minimum atomic E-state index is -3.82. The Hall–Kier alpha value is -0.750. The monoisotopic (exact) mass is 237 g/mol. The van der Waals surface area contributed by atoms with Gasteiger partial charge in [-0.15, -0.1) is 0 Å². The predicted molar refractivity (Wildman–Crippen MR) is 53.1 cm³/mol. The summed E-state index contributed by atoms with van der Waals surface area (Å²) in [4.78, 5) is 10.8. The van der Waals surface area contributed by atoms with E-state index in [1.54, 1.807) is 0 Å². The molecule has 0 atom stereocenters. The van der Waals surface area contributed by atoms with Crippen LogP contribution in [0.2, 0.25) is 0 Å². The van der Waals surface area contributed by atoms with Crippen molar-refractivity contribution < 1.29 is 23.0 Å². The highest BCUT2D eigenvalue weighted by atomic mass is 19.3. The molecular weight excluding hydrogens is 220 g/mol. The molecule has 0 saturated carbocycles. The number of alkyl halides is 2. The Morgan fingerprint density at radius 2 is 2.06 bits per heavy atom. The fraction of sp³-hybridized carbons (Fsp3) is 0.900. The van der Waals surface area contributed by atoms with Gasteiger partial charge >= 0.3 is 12.1 Å². The molecule has 6 heteroatoms. The molecule has 0 amide bonds. The normalized spacial score (nSPS) is 18.4. The van der Waals surface area contributed by atoms with E-state index >= 15 is 0 Å². The van der Waals surface area contributed by atoms with Crippen LogP contribution in [-0.2, 0) is 14.3 Å². The molecule has 0 spiro atoms. The molecule has 1 aliphatic rings. The Balaban J connectivity index is 2.31. The largest absolute Gasteiger partial charge is 0.460 e. The van der Waals surface area contributed by atoms with Crippen molar-refractivity contribution in [3.8, 4) is 0 Å². The second-order valence-electron chi connectivity index (χ2n) is 3.74. The summed E-state index contributed by atoms with van der Waals surface area (Å²) in [5.74, 6) is -1.52. The summed E-state index contributed by atoms with van der Waals surface area (Å²) in [6.45, 7) is 2.90. The summed E-state index contributed by atoms with van der Waals surface area (Å²) in [7, 11) is 0. The Morgan fingerprint density at radius 1 is 1.44 bits per heavy atom. The molecule has 0 aromatic heterocycles. The first-order valence-electron chi connectivity index (χ1n) is 5.46. The Bertz CT molecular complexity index is 230. The Kier molecular flexibility index (Phi) is 5.08. The second kappa shape index (κ2) is 6.10. The van der Waals surface area contributed by atoms with Crippen LogP contribution in [-0.4, -0.2) is 38.4 Å². The number of piperidine rings is 1. The molecule has 0 radical (unpaired) electrons. The molecule has 0 aliphatic carbocycles. The molecular formula is C10H17F2NO3. The second-order valence-corrected chi connectivity index (χ2v) is 3.74. The van der Waals surface area contributed by atoms with Crippen LogP contribution < -0.4 is 5.32 Å². The Morgan fingerprint density at radius 3 is 2.62 bits per heavy atom. The van der Waals surface area contributed by atoms with Crippen molar-refractivity contribution in [2.45, 2.75) is 25.9 Å². The molecule has 0 unspecified atom stereocenters. The van der Waals surface area contributed by atoms with Crippen LogP contribution in [0.4, 0.5) is 8.78 Å². The summed E-state index contributed by atoms with van der Waals surface area (Å²) in [5.41, 5.74) is 0. The number of nitrogens with one attached hydrogen (secondary N) is 1. The molecule has 4 nitrogen and oxygen atoms in total. The Labute approximate surface area is 93.3 Å². The third-order valence-corrected chi connectivity index (χ3v) is 2.47. The number of hydrogen-bond acceptors (Lipinski definition) is 4. The van der Waals surface area contributed by atoms with Crippen molar-refractivity contribution in [1.29, 1.82) is 0 Å². The number of esters is 1. The lowest BCUT2D eigenvalue weighted by Gasteiger charge is -2.24. The van der Waals surface area contributed by atoms with E-state index in [9.17, 15) is 13.6 Å². The molecule has 0 aromatic carbocycles. The van der Waals surface area contributed by atoms with Gasteiger partial charge in [-0.25, -0.2) is 4.79 Å². The molecule has 1 heterocycles. The lowest BCUT2D eigenvalue weighted by atomic mass is 9.99. The van der Waals surface area contributed by atoms with Crippen LogP contribution in [0.25, 0.3) is 0 Å². The van der Waals surface area contributed by atoms with Crippen molar-refractivity contribution in [3.05, 3.63) is 0 Å². The molecule has 1 saturated heterocycles. The van der Waals surface area contributed by atoms with E-state index in [0.29, 0.717) is 0 Å². The highest BCUT2D eigenvalue weighted by molar-refractivity contribution is 5.75. The van der Waals surface area contributed by atoms with E-state index in [1.807, 2.05) is 0 Å². The van der Waals surface area contributed by atoms with Gasteiger partial charge < -0.3 is 14.8 Å².